The third kappa shape index (κ3) is 60.5. The Morgan fingerprint density at radius 1 is 0.264 bits per heavy atom. The summed E-state index contributed by atoms with van der Waals surface area (Å²) in [5.41, 5.74) is 0. The molecule has 1 rings (SSSR count). The van der Waals surface area contributed by atoms with Crippen LogP contribution in [0.4, 0.5) is 0 Å². The molecule has 0 spiro atoms. The third-order valence-electron chi connectivity index (χ3n) is 8.39. The Balaban J connectivity index is 0. The van der Waals surface area contributed by atoms with E-state index in [0.717, 1.165) is 0 Å². The topological polar surface area (TPSA) is 281 Å². The molecule has 0 aromatic heterocycles. The molecule has 28 heteroatoms. The summed E-state index contributed by atoms with van der Waals surface area (Å²) in [7, 11) is -8.38. The molecule has 0 aliphatic carbocycles. The fourth-order valence-electron chi connectivity index (χ4n) is 5.07. The van der Waals surface area contributed by atoms with E-state index in [4.69, 9.17) is 85.3 Å². The summed E-state index contributed by atoms with van der Waals surface area (Å²) >= 11 is 0. The maximum absolute atomic E-state index is 10.5. The molecule has 0 aliphatic heterocycles. The second kappa shape index (κ2) is 58.4. The minimum atomic E-state index is -4.19. The Hall–Kier alpha value is 1.27. The van der Waals surface area contributed by atoms with E-state index in [1.165, 1.54) is 0 Å². The number of rotatable bonds is 58. The molecule has 0 radical (unpaired) electrons. The number of ether oxygens (including phenoxy) is 18. The summed E-state index contributed by atoms with van der Waals surface area (Å²) in [6, 6.07) is 7.43. The van der Waals surface area contributed by atoms with Crippen LogP contribution in [0.25, 0.3) is 0 Å². The number of hydrogen-bond acceptors (Lipinski definition) is 24. The first-order chi connectivity index (χ1) is 34.2. The SMILES string of the molecule is O=S(=O)([O-])CCCOCCOCCOCCOCCOCCOCCOCCOCCOc1ccccc1OCCOCCOCCOCCOCCOCCOCCOCCOCCCS(=O)(=O)[O-].[K+].[K+]. The largest absolute Gasteiger partial charge is 1.00 e. The summed E-state index contributed by atoms with van der Waals surface area (Å²) in [5.74, 6) is 0.390. The molecule has 24 nitrogen and oxygen atoms in total. The van der Waals surface area contributed by atoms with Crippen LogP contribution in [0.1, 0.15) is 12.8 Å². The molecule has 72 heavy (non-hydrogen) atoms. The Bertz CT molecular complexity index is 1370. The molecule has 0 atom stereocenters. The standard InChI is InChI=1S/C44H82O24S2.2K/c45-69(46,47)41-3-7-51-9-11-53-13-15-55-17-19-57-21-23-59-25-27-61-29-31-63-33-35-65-37-39-67-43-5-1-2-6-44(43)68-40-38-66-36-34-64-32-30-62-28-26-60-24-22-58-20-18-56-16-14-54-12-10-52-8-4-42-70(48,49)50;;/h1-2,5-6H,3-4,7-42H2,(H,45,46,47)(H,48,49,50);;/q;2*+1/p-2. The van der Waals surface area contributed by atoms with Gasteiger partial charge in [-0.3, -0.25) is 0 Å². The van der Waals surface area contributed by atoms with Crippen molar-refractivity contribution in [3.05, 3.63) is 24.3 Å². The van der Waals surface area contributed by atoms with Gasteiger partial charge in [0.1, 0.15) is 13.2 Å². The molecule has 0 bridgehead atoms. The summed E-state index contributed by atoms with van der Waals surface area (Å²) in [6.45, 7) is 13.7. The normalized spacial score (nSPS) is 11.7. The molecule has 0 unspecified atom stereocenters. The molecule has 0 saturated heterocycles. The first-order valence-electron chi connectivity index (χ1n) is 23.6. The van der Waals surface area contributed by atoms with Crippen molar-refractivity contribution < 1.29 is 214 Å². The predicted octanol–water partition coefficient (Wildman–Crippen LogP) is -5.41. The van der Waals surface area contributed by atoms with Crippen molar-refractivity contribution in [3.8, 4) is 11.5 Å². The third-order valence-corrected chi connectivity index (χ3v) is 9.97. The van der Waals surface area contributed by atoms with Gasteiger partial charge in [0.25, 0.3) is 0 Å². The first kappa shape index (κ1) is 75.3. The van der Waals surface area contributed by atoms with Crippen LogP contribution in [-0.2, 0) is 96.0 Å². The van der Waals surface area contributed by atoms with Crippen LogP contribution in [-0.4, -0.2) is 262 Å². The van der Waals surface area contributed by atoms with E-state index in [1.807, 2.05) is 24.3 Å². The van der Waals surface area contributed by atoms with Crippen molar-refractivity contribution in [2.75, 3.05) is 236 Å². The molecule has 0 N–H and O–H groups in total. The number of para-hydroxylation sites is 2. The van der Waals surface area contributed by atoms with Gasteiger partial charge >= 0.3 is 103 Å². The van der Waals surface area contributed by atoms with Gasteiger partial charge < -0.3 is 94.4 Å². The van der Waals surface area contributed by atoms with Crippen molar-refractivity contribution in [2.24, 2.45) is 0 Å². The summed E-state index contributed by atoms with van der Waals surface area (Å²) in [6.07, 6.45) is 0.346. The molecule has 0 amide bonds. The zero-order valence-electron chi connectivity index (χ0n) is 42.8. The molecule has 0 saturated carbocycles. The summed E-state index contributed by atoms with van der Waals surface area (Å²) in [5, 5.41) is 0. The average molecular weight is 1140 g/mol. The smallest absolute Gasteiger partial charge is 0.748 e. The molecule has 0 heterocycles. The number of hydrogen-bond donors (Lipinski definition) is 0. The van der Waals surface area contributed by atoms with Crippen LogP contribution in [0.3, 0.4) is 0 Å². The molecule has 1 aromatic carbocycles. The van der Waals surface area contributed by atoms with Crippen molar-refractivity contribution in [3.63, 3.8) is 0 Å². The maximum atomic E-state index is 10.5. The average Bonchev–Trinajstić information content (AvgIpc) is 3.33. The van der Waals surface area contributed by atoms with E-state index in [1.54, 1.807) is 0 Å². The van der Waals surface area contributed by atoms with E-state index in [9.17, 15) is 25.9 Å². The van der Waals surface area contributed by atoms with E-state index >= 15 is 0 Å². The van der Waals surface area contributed by atoms with Crippen LogP contribution >= 0.6 is 0 Å². The van der Waals surface area contributed by atoms with Crippen LogP contribution in [0, 0.1) is 0 Å². The van der Waals surface area contributed by atoms with Gasteiger partial charge in [0.15, 0.2) is 11.5 Å². The second-order valence-electron chi connectivity index (χ2n) is 14.2. The fraction of sp³-hybridized carbons (Fsp3) is 0.864. The minimum Gasteiger partial charge on any atom is -0.748 e. The molecular weight excluding hydrogens is 1050 g/mol. The summed E-state index contributed by atoms with van der Waals surface area (Å²) < 4.78 is 162. The van der Waals surface area contributed by atoms with Crippen LogP contribution < -0.4 is 112 Å². The van der Waals surface area contributed by atoms with E-state index in [-0.39, 0.29) is 129 Å². The fourth-order valence-corrected chi connectivity index (χ4v) is 6.01. The van der Waals surface area contributed by atoms with Crippen molar-refractivity contribution in [2.45, 2.75) is 12.8 Å². The molecule has 1 aromatic rings. The Morgan fingerprint density at radius 2 is 0.417 bits per heavy atom. The van der Waals surface area contributed by atoms with Gasteiger partial charge in [-0.05, 0) is 25.0 Å². The monoisotopic (exact) mass is 1130 g/mol. The second-order valence-corrected chi connectivity index (χ2v) is 17.2. The van der Waals surface area contributed by atoms with Crippen molar-refractivity contribution in [1.82, 2.24) is 0 Å². The van der Waals surface area contributed by atoms with E-state index < -0.39 is 31.7 Å². The van der Waals surface area contributed by atoms with Gasteiger partial charge in [-0.1, -0.05) is 12.1 Å². The van der Waals surface area contributed by atoms with Gasteiger partial charge in [0, 0.05) is 24.7 Å². The maximum Gasteiger partial charge on any atom is 1.00 e. The van der Waals surface area contributed by atoms with E-state index in [0.29, 0.717) is 223 Å². The van der Waals surface area contributed by atoms with Crippen LogP contribution in [0.15, 0.2) is 24.3 Å². The van der Waals surface area contributed by atoms with Crippen molar-refractivity contribution >= 4 is 20.2 Å². The first-order valence-corrected chi connectivity index (χ1v) is 26.8. The predicted molar refractivity (Wildman–Crippen MR) is 249 cm³/mol. The molecular formula is C44H80K2O24S2. The van der Waals surface area contributed by atoms with Crippen LogP contribution in [0.5, 0.6) is 11.5 Å². The summed E-state index contributed by atoms with van der Waals surface area (Å²) in [4.78, 5) is 0. The van der Waals surface area contributed by atoms with Gasteiger partial charge in [-0.2, -0.15) is 0 Å². The quantitative estimate of drug-likeness (QED) is 0.0334. The van der Waals surface area contributed by atoms with Gasteiger partial charge in [0.2, 0.25) is 0 Å². The van der Waals surface area contributed by atoms with Gasteiger partial charge in [-0.25, -0.2) is 16.8 Å². The minimum absolute atomic E-state index is 0. The molecule has 0 aliphatic rings. The Kier molecular flexibility index (Phi) is 61.1. The van der Waals surface area contributed by atoms with Gasteiger partial charge in [-0.15, -0.1) is 0 Å². The Labute approximate surface area is 512 Å². The zero-order chi connectivity index (χ0) is 50.6. The van der Waals surface area contributed by atoms with Crippen LogP contribution in [0.2, 0.25) is 0 Å². The Morgan fingerprint density at radius 3 is 0.583 bits per heavy atom. The zero-order valence-corrected chi connectivity index (χ0v) is 50.7. The van der Waals surface area contributed by atoms with E-state index in [2.05, 4.69) is 0 Å². The van der Waals surface area contributed by atoms with Crippen molar-refractivity contribution in [1.29, 1.82) is 0 Å². The number of benzene rings is 1. The molecule has 0 fully saturated rings. The van der Waals surface area contributed by atoms with Gasteiger partial charge in [0.05, 0.1) is 218 Å². The molecule has 414 valence electrons.